The lowest BCUT2D eigenvalue weighted by atomic mass is 10.2. The Hall–Kier alpha value is -1.82. The van der Waals surface area contributed by atoms with E-state index in [9.17, 15) is 10.1 Å². The zero-order valence-corrected chi connectivity index (χ0v) is 8.02. The maximum atomic E-state index is 10.5. The summed E-state index contributed by atoms with van der Waals surface area (Å²) in [4.78, 5) is 10.0. The Morgan fingerprint density at radius 2 is 2.07 bits per heavy atom. The van der Waals surface area contributed by atoms with Crippen LogP contribution in [0.2, 0.25) is 0 Å². The van der Waals surface area contributed by atoms with Crippen LogP contribution in [-0.4, -0.2) is 24.0 Å². The number of nitrogens with zero attached hydrogens (tertiary/aromatic N) is 2. The van der Waals surface area contributed by atoms with Crippen molar-refractivity contribution in [2.75, 3.05) is 25.3 Å². The van der Waals surface area contributed by atoms with Gasteiger partial charge in [0.15, 0.2) is 0 Å². The Kier molecular flexibility index (Phi) is 2.88. The summed E-state index contributed by atoms with van der Waals surface area (Å²) in [6.45, 7) is 0. The molecule has 14 heavy (non-hydrogen) atoms. The molecule has 0 aliphatic carbocycles. The summed E-state index contributed by atoms with van der Waals surface area (Å²) in [5.41, 5.74) is 9.34. The van der Waals surface area contributed by atoms with Crippen molar-refractivity contribution in [3.8, 4) is 0 Å². The molecular formula is C8H12N4O2. The average Bonchev–Trinajstić information content (AvgIpc) is 2.01. The molecule has 0 aliphatic rings. The van der Waals surface area contributed by atoms with E-state index in [0.717, 1.165) is 0 Å². The summed E-state index contributed by atoms with van der Waals surface area (Å²) in [5, 5.41) is 12.2. The summed E-state index contributed by atoms with van der Waals surface area (Å²) < 4.78 is 0. The molecule has 0 saturated heterocycles. The molecule has 6 nitrogen and oxygen atoms in total. The first-order valence-electron chi connectivity index (χ1n) is 3.98. The van der Waals surface area contributed by atoms with Gasteiger partial charge in [-0.3, -0.25) is 10.1 Å². The third-order valence-electron chi connectivity index (χ3n) is 1.50. The quantitative estimate of drug-likeness (QED) is 0.429. The summed E-state index contributed by atoms with van der Waals surface area (Å²) in [6, 6.07) is 4.38. The molecule has 1 aromatic rings. The fourth-order valence-corrected chi connectivity index (χ4v) is 1.06. The molecule has 1 rings (SSSR count). The predicted molar refractivity (Wildman–Crippen MR) is 54.8 cm³/mol. The second-order valence-corrected chi connectivity index (χ2v) is 3.08. The van der Waals surface area contributed by atoms with E-state index < -0.39 is 4.92 Å². The van der Waals surface area contributed by atoms with Crippen LogP contribution in [0.4, 0.5) is 17.1 Å². The third kappa shape index (κ3) is 2.60. The summed E-state index contributed by atoms with van der Waals surface area (Å²) in [7, 11) is 3.57. The van der Waals surface area contributed by atoms with Crippen LogP contribution < -0.4 is 11.2 Å². The highest BCUT2D eigenvalue weighted by molar-refractivity contribution is 5.61. The fraction of sp³-hybridized carbons (Fsp3) is 0.250. The highest BCUT2D eigenvalue weighted by atomic mass is 16.6. The van der Waals surface area contributed by atoms with Crippen molar-refractivity contribution in [1.82, 2.24) is 5.01 Å². The van der Waals surface area contributed by atoms with Gasteiger partial charge in [0, 0.05) is 31.9 Å². The normalized spacial score (nSPS) is 10.2. The van der Waals surface area contributed by atoms with Gasteiger partial charge < -0.3 is 11.2 Å². The number of non-ortho nitro benzene ring substituents is 1. The van der Waals surface area contributed by atoms with Crippen LogP contribution in [0.1, 0.15) is 0 Å². The standard InChI is InChI=1S/C8H12N4O2/c1-11(2)10-7-3-6(9)4-8(5-7)12(13)14/h3-5,10H,9H2,1-2H3. The van der Waals surface area contributed by atoms with E-state index in [-0.39, 0.29) is 5.69 Å². The maximum Gasteiger partial charge on any atom is 0.273 e. The molecule has 0 heterocycles. The Bertz CT molecular complexity index is 351. The fourth-order valence-electron chi connectivity index (χ4n) is 1.06. The molecule has 76 valence electrons. The van der Waals surface area contributed by atoms with Gasteiger partial charge in [-0.05, 0) is 6.07 Å². The Morgan fingerprint density at radius 1 is 1.43 bits per heavy atom. The van der Waals surface area contributed by atoms with E-state index >= 15 is 0 Å². The number of benzene rings is 1. The third-order valence-corrected chi connectivity index (χ3v) is 1.50. The lowest BCUT2D eigenvalue weighted by Crippen LogP contribution is -2.19. The molecule has 0 spiro atoms. The molecule has 1 aromatic carbocycles. The van der Waals surface area contributed by atoms with Crippen LogP contribution in [-0.2, 0) is 0 Å². The monoisotopic (exact) mass is 196 g/mol. The molecule has 0 atom stereocenters. The summed E-state index contributed by atoms with van der Waals surface area (Å²) >= 11 is 0. The van der Waals surface area contributed by atoms with Crippen LogP contribution >= 0.6 is 0 Å². The van der Waals surface area contributed by atoms with Crippen molar-refractivity contribution < 1.29 is 4.92 Å². The van der Waals surface area contributed by atoms with E-state index in [1.165, 1.54) is 12.1 Å². The first-order valence-corrected chi connectivity index (χ1v) is 3.98. The molecule has 0 saturated carbocycles. The summed E-state index contributed by atoms with van der Waals surface area (Å²) in [6.07, 6.45) is 0. The van der Waals surface area contributed by atoms with Crippen LogP contribution in [0.5, 0.6) is 0 Å². The number of nitrogens with one attached hydrogen (secondary N) is 1. The molecular weight excluding hydrogens is 184 g/mol. The number of nitrogens with two attached hydrogens (primary N) is 1. The van der Waals surface area contributed by atoms with Crippen molar-refractivity contribution >= 4 is 17.1 Å². The van der Waals surface area contributed by atoms with Gasteiger partial charge in [0.1, 0.15) is 0 Å². The van der Waals surface area contributed by atoms with Gasteiger partial charge in [-0.1, -0.05) is 0 Å². The summed E-state index contributed by atoms with van der Waals surface area (Å²) in [5.74, 6) is 0. The average molecular weight is 196 g/mol. The zero-order valence-electron chi connectivity index (χ0n) is 8.02. The van der Waals surface area contributed by atoms with E-state index in [2.05, 4.69) is 5.43 Å². The minimum absolute atomic E-state index is 0.0191. The van der Waals surface area contributed by atoms with Gasteiger partial charge in [-0.2, -0.15) is 0 Å². The predicted octanol–water partition coefficient (Wildman–Crippen LogP) is 1.07. The largest absolute Gasteiger partial charge is 0.398 e. The number of anilines is 2. The second-order valence-electron chi connectivity index (χ2n) is 3.08. The lowest BCUT2D eigenvalue weighted by molar-refractivity contribution is -0.384. The molecule has 0 aliphatic heterocycles. The number of nitro groups is 1. The van der Waals surface area contributed by atoms with Crippen molar-refractivity contribution in [3.05, 3.63) is 28.3 Å². The van der Waals surface area contributed by atoms with Crippen LogP contribution in [0, 0.1) is 10.1 Å². The van der Waals surface area contributed by atoms with Crippen molar-refractivity contribution in [2.24, 2.45) is 0 Å². The van der Waals surface area contributed by atoms with Gasteiger partial charge >= 0.3 is 0 Å². The maximum absolute atomic E-state index is 10.5. The number of nitrogen functional groups attached to an aromatic ring is 1. The molecule has 0 fully saturated rings. The minimum Gasteiger partial charge on any atom is -0.398 e. The zero-order chi connectivity index (χ0) is 10.7. The van der Waals surface area contributed by atoms with Crippen LogP contribution in [0.15, 0.2) is 18.2 Å². The first kappa shape index (κ1) is 10.3. The minimum atomic E-state index is -0.475. The molecule has 0 unspecified atom stereocenters. The second kappa shape index (κ2) is 3.93. The van der Waals surface area contributed by atoms with Crippen LogP contribution in [0.3, 0.4) is 0 Å². The van der Waals surface area contributed by atoms with E-state index in [4.69, 9.17) is 5.73 Å². The highest BCUT2D eigenvalue weighted by Gasteiger charge is 2.08. The molecule has 0 bridgehead atoms. The Balaban J connectivity index is 3.01. The molecule has 6 heteroatoms. The van der Waals surface area contributed by atoms with E-state index in [1.807, 2.05) is 0 Å². The van der Waals surface area contributed by atoms with E-state index in [1.54, 1.807) is 25.2 Å². The molecule has 0 aromatic heterocycles. The smallest absolute Gasteiger partial charge is 0.273 e. The highest BCUT2D eigenvalue weighted by Crippen LogP contribution is 2.22. The molecule has 0 radical (unpaired) electrons. The van der Waals surface area contributed by atoms with Crippen molar-refractivity contribution in [3.63, 3.8) is 0 Å². The Labute approximate surface area is 81.4 Å². The first-order chi connectivity index (χ1) is 6.49. The van der Waals surface area contributed by atoms with E-state index in [0.29, 0.717) is 11.4 Å². The number of hydrogen-bond acceptors (Lipinski definition) is 5. The van der Waals surface area contributed by atoms with Gasteiger partial charge in [-0.15, -0.1) is 0 Å². The van der Waals surface area contributed by atoms with Gasteiger partial charge in [0.25, 0.3) is 5.69 Å². The topological polar surface area (TPSA) is 84.4 Å². The lowest BCUT2D eigenvalue weighted by Gasteiger charge is -2.13. The van der Waals surface area contributed by atoms with Crippen LogP contribution in [0.25, 0.3) is 0 Å². The SMILES string of the molecule is CN(C)Nc1cc(N)cc([N+](=O)[O-])c1. The van der Waals surface area contributed by atoms with Gasteiger partial charge in [0.05, 0.1) is 10.6 Å². The van der Waals surface area contributed by atoms with Gasteiger partial charge in [-0.25, -0.2) is 5.01 Å². The number of hydrazine groups is 1. The van der Waals surface area contributed by atoms with Gasteiger partial charge in [0.2, 0.25) is 0 Å². The Morgan fingerprint density at radius 3 is 2.57 bits per heavy atom. The van der Waals surface area contributed by atoms with Crippen molar-refractivity contribution in [2.45, 2.75) is 0 Å². The van der Waals surface area contributed by atoms with Crippen molar-refractivity contribution in [1.29, 1.82) is 0 Å². The molecule has 0 amide bonds. The number of hydrogen-bond donors (Lipinski definition) is 2. The number of nitro benzene ring substituents is 1. The number of rotatable bonds is 3. The molecule has 3 N–H and O–H groups in total.